The van der Waals surface area contributed by atoms with Crippen molar-refractivity contribution in [2.75, 3.05) is 18.8 Å². The first-order valence-electron chi connectivity index (χ1n) is 7.59. The van der Waals surface area contributed by atoms with E-state index in [-0.39, 0.29) is 0 Å². The minimum absolute atomic E-state index is 0.549. The summed E-state index contributed by atoms with van der Waals surface area (Å²) in [6, 6.07) is 4.48. The second-order valence-corrected chi connectivity index (χ2v) is 6.15. The number of nitrogen functional groups attached to an aromatic ring is 1. The number of imidazole rings is 1. The smallest absolute Gasteiger partial charge is 0.123 e. The van der Waals surface area contributed by atoms with E-state index >= 15 is 0 Å². The molecule has 0 spiro atoms. The molecule has 5 nitrogen and oxygen atoms in total. The molecule has 3 heterocycles. The number of hydrogen-bond acceptors (Lipinski definition) is 4. The molecule has 0 aliphatic carbocycles. The average molecular weight is 285 g/mol. The van der Waals surface area contributed by atoms with E-state index in [9.17, 15) is 0 Å². The van der Waals surface area contributed by atoms with Crippen LogP contribution >= 0.6 is 0 Å². The molecule has 1 atom stereocenters. The molecule has 21 heavy (non-hydrogen) atoms. The van der Waals surface area contributed by atoms with Crippen LogP contribution in [-0.4, -0.2) is 38.6 Å². The standard InChI is InChI=1S/C16H23N5/c1-12(2)20-6-5-13(9-20)10-21-11-18-8-15(21)14-3-4-16(17)19-7-14/h3-4,7-8,11-13H,5-6,9-10H2,1-2H3,(H2,17,19). The zero-order chi connectivity index (χ0) is 14.8. The molecule has 5 heteroatoms. The van der Waals surface area contributed by atoms with Gasteiger partial charge in [-0.2, -0.15) is 0 Å². The number of rotatable bonds is 4. The second-order valence-electron chi connectivity index (χ2n) is 6.15. The second kappa shape index (κ2) is 5.85. The fourth-order valence-electron chi connectivity index (χ4n) is 3.02. The van der Waals surface area contributed by atoms with E-state index in [4.69, 9.17) is 5.73 Å². The lowest BCUT2D eigenvalue weighted by atomic mass is 10.1. The fraction of sp³-hybridized carbons (Fsp3) is 0.500. The van der Waals surface area contributed by atoms with E-state index in [2.05, 4.69) is 33.3 Å². The van der Waals surface area contributed by atoms with Crippen LogP contribution < -0.4 is 5.73 Å². The Kier molecular flexibility index (Phi) is 3.92. The van der Waals surface area contributed by atoms with Crippen LogP contribution in [0.25, 0.3) is 11.3 Å². The summed E-state index contributed by atoms with van der Waals surface area (Å²) in [5.41, 5.74) is 7.84. The number of likely N-dealkylation sites (tertiary alicyclic amines) is 1. The van der Waals surface area contributed by atoms with E-state index in [0.29, 0.717) is 17.8 Å². The van der Waals surface area contributed by atoms with Gasteiger partial charge < -0.3 is 15.2 Å². The molecule has 1 aliphatic heterocycles. The molecule has 2 aromatic rings. The molecule has 3 rings (SSSR count). The van der Waals surface area contributed by atoms with E-state index in [1.165, 1.54) is 19.5 Å². The van der Waals surface area contributed by atoms with Crippen molar-refractivity contribution in [1.29, 1.82) is 0 Å². The van der Waals surface area contributed by atoms with Crippen LogP contribution in [0.2, 0.25) is 0 Å². The Labute approximate surface area is 125 Å². The molecule has 1 aliphatic rings. The lowest BCUT2D eigenvalue weighted by molar-refractivity contribution is 0.261. The highest BCUT2D eigenvalue weighted by molar-refractivity contribution is 5.59. The quantitative estimate of drug-likeness (QED) is 0.936. The molecule has 0 aromatic carbocycles. The number of anilines is 1. The van der Waals surface area contributed by atoms with Gasteiger partial charge in [0, 0.05) is 30.9 Å². The van der Waals surface area contributed by atoms with Crippen LogP contribution in [0, 0.1) is 5.92 Å². The van der Waals surface area contributed by atoms with Gasteiger partial charge >= 0.3 is 0 Å². The van der Waals surface area contributed by atoms with Gasteiger partial charge in [-0.3, -0.25) is 0 Å². The van der Waals surface area contributed by atoms with Crippen molar-refractivity contribution in [2.45, 2.75) is 32.9 Å². The number of aromatic nitrogens is 3. The number of hydrogen-bond donors (Lipinski definition) is 1. The molecule has 2 N–H and O–H groups in total. The number of pyridine rings is 1. The Morgan fingerprint density at radius 2 is 2.19 bits per heavy atom. The largest absolute Gasteiger partial charge is 0.384 e. The normalized spacial score (nSPS) is 19.5. The lowest BCUT2D eigenvalue weighted by Crippen LogP contribution is -2.28. The summed E-state index contributed by atoms with van der Waals surface area (Å²) in [4.78, 5) is 11.0. The van der Waals surface area contributed by atoms with Gasteiger partial charge in [-0.25, -0.2) is 9.97 Å². The molecule has 1 saturated heterocycles. The molecule has 112 valence electrons. The molecule has 2 aromatic heterocycles. The summed E-state index contributed by atoms with van der Waals surface area (Å²) >= 11 is 0. The summed E-state index contributed by atoms with van der Waals surface area (Å²) in [6.45, 7) is 7.93. The van der Waals surface area contributed by atoms with E-state index in [1.807, 2.05) is 30.9 Å². The van der Waals surface area contributed by atoms with Gasteiger partial charge in [0.1, 0.15) is 5.82 Å². The Morgan fingerprint density at radius 3 is 2.86 bits per heavy atom. The van der Waals surface area contributed by atoms with Gasteiger partial charge in [0.05, 0.1) is 18.2 Å². The monoisotopic (exact) mass is 285 g/mol. The maximum Gasteiger partial charge on any atom is 0.123 e. The van der Waals surface area contributed by atoms with Crippen molar-refractivity contribution >= 4 is 5.82 Å². The van der Waals surface area contributed by atoms with Crippen molar-refractivity contribution in [3.05, 3.63) is 30.9 Å². The van der Waals surface area contributed by atoms with Crippen LogP contribution in [0.4, 0.5) is 5.82 Å². The maximum absolute atomic E-state index is 5.65. The molecule has 0 amide bonds. The van der Waals surface area contributed by atoms with Crippen LogP contribution in [0.3, 0.4) is 0 Å². The van der Waals surface area contributed by atoms with E-state index in [1.54, 1.807) is 0 Å². The SMILES string of the molecule is CC(C)N1CCC(Cn2cncc2-c2ccc(N)nc2)C1. The summed E-state index contributed by atoms with van der Waals surface area (Å²) in [7, 11) is 0. The highest BCUT2D eigenvalue weighted by Crippen LogP contribution is 2.24. The highest BCUT2D eigenvalue weighted by Gasteiger charge is 2.24. The molecule has 1 fully saturated rings. The summed E-state index contributed by atoms with van der Waals surface area (Å²) in [5.74, 6) is 1.25. The average Bonchev–Trinajstić information content (AvgIpc) is 3.10. The third-order valence-electron chi connectivity index (χ3n) is 4.30. The minimum atomic E-state index is 0.549. The summed E-state index contributed by atoms with van der Waals surface area (Å²) < 4.78 is 2.24. The zero-order valence-corrected chi connectivity index (χ0v) is 12.7. The first kappa shape index (κ1) is 14.1. The van der Waals surface area contributed by atoms with Crippen molar-refractivity contribution in [3.8, 4) is 11.3 Å². The van der Waals surface area contributed by atoms with Crippen LogP contribution in [-0.2, 0) is 6.54 Å². The zero-order valence-electron chi connectivity index (χ0n) is 12.7. The first-order chi connectivity index (χ1) is 10.1. The van der Waals surface area contributed by atoms with Gasteiger partial charge in [0.15, 0.2) is 0 Å². The molecule has 0 saturated carbocycles. The van der Waals surface area contributed by atoms with Gasteiger partial charge in [-0.1, -0.05) is 0 Å². The third-order valence-corrected chi connectivity index (χ3v) is 4.30. The predicted molar refractivity (Wildman–Crippen MR) is 84.7 cm³/mol. The van der Waals surface area contributed by atoms with Crippen molar-refractivity contribution in [2.24, 2.45) is 5.92 Å². The maximum atomic E-state index is 5.65. The van der Waals surface area contributed by atoms with Gasteiger partial charge in [-0.15, -0.1) is 0 Å². The third kappa shape index (κ3) is 3.08. The molecular weight excluding hydrogens is 262 g/mol. The van der Waals surface area contributed by atoms with Crippen molar-refractivity contribution in [3.63, 3.8) is 0 Å². The Bertz CT molecular complexity index is 587. The first-order valence-corrected chi connectivity index (χ1v) is 7.59. The van der Waals surface area contributed by atoms with Crippen LogP contribution in [0.15, 0.2) is 30.9 Å². The summed E-state index contributed by atoms with van der Waals surface area (Å²) in [6.07, 6.45) is 6.90. The van der Waals surface area contributed by atoms with E-state index < -0.39 is 0 Å². The molecule has 0 radical (unpaired) electrons. The lowest BCUT2D eigenvalue weighted by Gasteiger charge is -2.20. The predicted octanol–water partition coefficient (Wildman–Crippen LogP) is 2.26. The van der Waals surface area contributed by atoms with Crippen molar-refractivity contribution < 1.29 is 0 Å². The molecule has 0 bridgehead atoms. The van der Waals surface area contributed by atoms with Gasteiger partial charge in [0.2, 0.25) is 0 Å². The molecular formula is C16H23N5. The Hall–Kier alpha value is -1.88. The van der Waals surface area contributed by atoms with Crippen LogP contribution in [0.5, 0.6) is 0 Å². The Balaban J connectivity index is 1.73. The highest BCUT2D eigenvalue weighted by atomic mass is 15.2. The topological polar surface area (TPSA) is 60.0 Å². The number of nitrogens with zero attached hydrogens (tertiary/aromatic N) is 4. The minimum Gasteiger partial charge on any atom is -0.384 e. The summed E-state index contributed by atoms with van der Waals surface area (Å²) in [5, 5.41) is 0. The van der Waals surface area contributed by atoms with Gasteiger partial charge in [0.25, 0.3) is 0 Å². The van der Waals surface area contributed by atoms with Crippen LogP contribution in [0.1, 0.15) is 20.3 Å². The van der Waals surface area contributed by atoms with Gasteiger partial charge in [-0.05, 0) is 44.9 Å². The Morgan fingerprint density at radius 1 is 1.33 bits per heavy atom. The van der Waals surface area contributed by atoms with E-state index in [0.717, 1.165) is 17.8 Å². The molecule has 1 unspecified atom stereocenters. The number of nitrogens with two attached hydrogens (primary N) is 1. The van der Waals surface area contributed by atoms with Crippen molar-refractivity contribution in [1.82, 2.24) is 19.4 Å². The fourth-order valence-corrected chi connectivity index (χ4v) is 3.02.